The minimum Gasteiger partial charge on any atom is -0.406 e. The number of pyridine rings is 1. The van der Waals surface area contributed by atoms with Crippen LogP contribution < -0.4 is 20.3 Å². The number of imide groups is 1. The first kappa shape index (κ1) is 24.5. The Morgan fingerprint density at radius 2 is 1.86 bits per heavy atom. The zero-order chi connectivity index (χ0) is 25.2. The number of alkyl halides is 3. The number of urea groups is 1. The van der Waals surface area contributed by atoms with Gasteiger partial charge in [-0.2, -0.15) is 0 Å². The van der Waals surface area contributed by atoms with Crippen LogP contribution in [0.5, 0.6) is 5.75 Å². The Morgan fingerprint density at radius 1 is 1.17 bits per heavy atom. The molecule has 2 aromatic rings. The number of hydrogen-bond donors (Lipinski definition) is 2. The van der Waals surface area contributed by atoms with Gasteiger partial charge in [-0.1, -0.05) is 19.3 Å². The highest BCUT2D eigenvalue weighted by molar-refractivity contribution is 6.23. The Labute approximate surface area is 199 Å². The van der Waals surface area contributed by atoms with Crippen LogP contribution in [0, 0.1) is 5.92 Å². The van der Waals surface area contributed by atoms with Crippen LogP contribution >= 0.6 is 0 Å². The third-order valence-corrected chi connectivity index (χ3v) is 6.28. The number of aromatic nitrogens is 1. The second kappa shape index (κ2) is 9.55. The van der Waals surface area contributed by atoms with Crippen molar-refractivity contribution < 1.29 is 32.3 Å². The molecule has 1 aliphatic heterocycles. The maximum Gasteiger partial charge on any atom is 0.573 e. The molecule has 0 radical (unpaired) electrons. The van der Waals surface area contributed by atoms with Gasteiger partial charge in [0.15, 0.2) is 0 Å². The molecule has 2 N–H and O–H groups in total. The summed E-state index contributed by atoms with van der Waals surface area (Å²) in [6.45, 7) is 1.56. The van der Waals surface area contributed by atoms with Crippen LogP contribution in [0.4, 0.5) is 29.3 Å². The van der Waals surface area contributed by atoms with E-state index in [1.54, 1.807) is 13.0 Å². The lowest BCUT2D eigenvalue weighted by Crippen LogP contribution is -2.46. The number of carbonyl (C=O) groups is 3. The lowest BCUT2D eigenvalue weighted by atomic mass is 9.88. The molecule has 1 atom stereocenters. The van der Waals surface area contributed by atoms with Crippen molar-refractivity contribution in [3.63, 3.8) is 0 Å². The van der Waals surface area contributed by atoms with Gasteiger partial charge in [0.05, 0.1) is 17.6 Å². The molecule has 11 heteroatoms. The van der Waals surface area contributed by atoms with E-state index in [1.807, 2.05) is 0 Å². The van der Waals surface area contributed by atoms with Crippen LogP contribution in [0.25, 0.3) is 0 Å². The fourth-order valence-corrected chi connectivity index (χ4v) is 4.51. The molecule has 2 heterocycles. The molecular formula is C24H25F3N4O4. The number of hydrogen-bond acceptors (Lipinski definition) is 5. The highest BCUT2D eigenvalue weighted by Gasteiger charge is 2.48. The summed E-state index contributed by atoms with van der Waals surface area (Å²) in [6.07, 6.45) is 3.07. The van der Waals surface area contributed by atoms with E-state index >= 15 is 0 Å². The van der Waals surface area contributed by atoms with Crippen molar-refractivity contribution in [2.45, 2.75) is 57.3 Å². The number of benzene rings is 1. The van der Waals surface area contributed by atoms with Crippen molar-refractivity contribution in [3.05, 3.63) is 48.3 Å². The van der Waals surface area contributed by atoms with Crippen molar-refractivity contribution in [1.82, 2.24) is 10.3 Å². The van der Waals surface area contributed by atoms with Crippen molar-refractivity contribution in [2.24, 2.45) is 5.92 Å². The molecule has 186 valence electrons. The predicted octanol–water partition coefficient (Wildman–Crippen LogP) is 4.56. The van der Waals surface area contributed by atoms with Crippen molar-refractivity contribution in [1.29, 1.82) is 0 Å². The SMILES string of the molecule is CC1(Cc2ccncc2NC(=O)C2CCCCC2)NC(=O)N(c2ccc(OC(F)(F)F)cc2)C1=O. The molecule has 1 saturated carbocycles. The summed E-state index contributed by atoms with van der Waals surface area (Å²) in [5.74, 6) is -1.20. The molecule has 4 amide bonds. The Morgan fingerprint density at radius 3 is 2.51 bits per heavy atom. The van der Waals surface area contributed by atoms with E-state index in [1.165, 1.54) is 24.5 Å². The number of ether oxygens (including phenoxy) is 1. The number of carbonyl (C=O) groups excluding carboxylic acids is 3. The van der Waals surface area contributed by atoms with Crippen molar-refractivity contribution >= 4 is 29.2 Å². The average Bonchev–Trinajstić information content (AvgIpc) is 3.03. The second-order valence-corrected chi connectivity index (χ2v) is 8.98. The van der Waals surface area contributed by atoms with Gasteiger partial charge in [-0.15, -0.1) is 13.2 Å². The van der Waals surface area contributed by atoms with Crippen LogP contribution in [-0.2, 0) is 16.0 Å². The largest absolute Gasteiger partial charge is 0.573 e. The standard InChI is InChI=1S/C24H25F3N4O4/c1-23(13-16-11-12-28-14-19(16)29-20(32)15-5-3-2-4-6-15)21(33)31(22(34)30-23)17-7-9-18(10-8-17)35-24(25,26)27/h7-12,14-15H,2-6,13H2,1H3,(H,29,32)(H,30,34). The molecule has 1 aliphatic carbocycles. The van der Waals surface area contributed by atoms with Gasteiger partial charge in [0.25, 0.3) is 5.91 Å². The number of anilines is 2. The molecule has 1 aromatic heterocycles. The second-order valence-electron chi connectivity index (χ2n) is 8.98. The zero-order valence-electron chi connectivity index (χ0n) is 19.0. The Bertz CT molecular complexity index is 1120. The van der Waals surface area contributed by atoms with Crippen LogP contribution in [0.3, 0.4) is 0 Å². The van der Waals surface area contributed by atoms with Gasteiger partial charge >= 0.3 is 12.4 Å². The van der Waals surface area contributed by atoms with Crippen molar-refractivity contribution in [2.75, 3.05) is 10.2 Å². The van der Waals surface area contributed by atoms with Crippen LogP contribution in [0.15, 0.2) is 42.7 Å². The topological polar surface area (TPSA) is 101 Å². The predicted molar refractivity (Wildman–Crippen MR) is 121 cm³/mol. The summed E-state index contributed by atoms with van der Waals surface area (Å²) >= 11 is 0. The van der Waals surface area contributed by atoms with Crippen LogP contribution in [-0.4, -0.2) is 34.7 Å². The number of rotatable bonds is 6. The number of amides is 4. The van der Waals surface area contributed by atoms with E-state index < -0.39 is 29.6 Å². The molecule has 2 fully saturated rings. The molecular weight excluding hydrogens is 465 g/mol. The minimum atomic E-state index is -4.85. The minimum absolute atomic E-state index is 0.0694. The Hall–Kier alpha value is -3.63. The molecule has 0 bridgehead atoms. The van der Waals surface area contributed by atoms with Crippen LogP contribution in [0.1, 0.15) is 44.6 Å². The lowest BCUT2D eigenvalue weighted by molar-refractivity contribution is -0.274. The van der Waals surface area contributed by atoms with Gasteiger partial charge < -0.3 is 15.4 Å². The van der Waals surface area contributed by atoms with Gasteiger partial charge in [0.1, 0.15) is 11.3 Å². The maximum atomic E-state index is 13.3. The highest BCUT2D eigenvalue weighted by atomic mass is 19.4. The first-order valence-corrected chi connectivity index (χ1v) is 11.3. The van der Waals surface area contributed by atoms with E-state index in [-0.39, 0.29) is 23.9 Å². The third kappa shape index (κ3) is 5.55. The van der Waals surface area contributed by atoms with Gasteiger partial charge in [-0.25, -0.2) is 9.69 Å². The first-order chi connectivity index (χ1) is 16.6. The van der Waals surface area contributed by atoms with Gasteiger partial charge in [0, 0.05) is 18.5 Å². The summed E-state index contributed by atoms with van der Waals surface area (Å²) in [4.78, 5) is 43.6. The first-order valence-electron chi connectivity index (χ1n) is 11.3. The van der Waals surface area contributed by atoms with E-state index in [0.29, 0.717) is 11.3 Å². The summed E-state index contributed by atoms with van der Waals surface area (Å²) < 4.78 is 41.1. The Balaban J connectivity index is 1.50. The summed E-state index contributed by atoms with van der Waals surface area (Å²) in [5.41, 5.74) is -0.148. The molecule has 1 saturated heterocycles. The van der Waals surface area contributed by atoms with E-state index in [0.717, 1.165) is 49.1 Å². The van der Waals surface area contributed by atoms with Gasteiger partial charge in [-0.05, 0) is 55.7 Å². The monoisotopic (exact) mass is 490 g/mol. The smallest absolute Gasteiger partial charge is 0.406 e. The van der Waals surface area contributed by atoms with Crippen LogP contribution in [0.2, 0.25) is 0 Å². The van der Waals surface area contributed by atoms with E-state index in [9.17, 15) is 27.6 Å². The fourth-order valence-electron chi connectivity index (χ4n) is 4.51. The quantitative estimate of drug-likeness (QED) is 0.579. The van der Waals surface area contributed by atoms with Gasteiger partial charge in [0.2, 0.25) is 5.91 Å². The summed E-state index contributed by atoms with van der Waals surface area (Å²) in [7, 11) is 0. The number of halogens is 3. The average molecular weight is 490 g/mol. The third-order valence-electron chi connectivity index (χ3n) is 6.28. The molecule has 1 unspecified atom stereocenters. The Kier molecular flexibility index (Phi) is 6.68. The number of nitrogens with one attached hydrogen (secondary N) is 2. The van der Waals surface area contributed by atoms with E-state index in [2.05, 4.69) is 20.4 Å². The molecule has 0 spiro atoms. The highest BCUT2D eigenvalue weighted by Crippen LogP contribution is 2.32. The number of nitrogens with zero attached hydrogens (tertiary/aromatic N) is 2. The van der Waals surface area contributed by atoms with E-state index in [4.69, 9.17) is 0 Å². The maximum absolute atomic E-state index is 13.3. The van der Waals surface area contributed by atoms with Crippen molar-refractivity contribution in [3.8, 4) is 5.75 Å². The molecule has 1 aromatic carbocycles. The fraction of sp³-hybridized carbons (Fsp3) is 0.417. The lowest BCUT2D eigenvalue weighted by Gasteiger charge is -2.24. The molecule has 8 nitrogen and oxygen atoms in total. The van der Waals surface area contributed by atoms with Gasteiger partial charge in [-0.3, -0.25) is 14.6 Å². The summed E-state index contributed by atoms with van der Waals surface area (Å²) in [6, 6.07) is 5.43. The molecule has 35 heavy (non-hydrogen) atoms. The normalized spacial score (nSPS) is 21.1. The summed E-state index contributed by atoms with van der Waals surface area (Å²) in [5, 5.41) is 5.59. The molecule has 4 rings (SSSR count). The molecule has 2 aliphatic rings. The zero-order valence-corrected chi connectivity index (χ0v) is 19.0.